The average molecular weight is 447 g/mol. The first-order valence-corrected chi connectivity index (χ1v) is 11.6. The van der Waals surface area contributed by atoms with E-state index in [1.807, 2.05) is 6.92 Å². The first-order valence-electron chi connectivity index (χ1n) is 10.7. The summed E-state index contributed by atoms with van der Waals surface area (Å²) in [6.45, 7) is 4.22. The molecule has 1 saturated carbocycles. The van der Waals surface area contributed by atoms with E-state index in [-0.39, 0.29) is 29.7 Å². The molecule has 2 aromatic rings. The monoisotopic (exact) mass is 446 g/mol. The lowest BCUT2D eigenvalue weighted by molar-refractivity contribution is -0.142. The average Bonchev–Trinajstić information content (AvgIpc) is 3.20. The number of aromatic nitrogens is 3. The number of benzene rings is 1. The van der Waals surface area contributed by atoms with Gasteiger partial charge in [0, 0.05) is 11.6 Å². The first-order chi connectivity index (χ1) is 15.0. The molecule has 1 aliphatic carbocycles. The van der Waals surface area contributed by atoms with Crippen molar-refractivity contribution in [3.05, 3.63) is 35.7 Å². The van der Waals surface area contributed by atoms with Gasteiger partial charge in [0.15, 0.2) is 11.0 Å². The zero-order chi connectivity index (χ0) is 22.2. The van der Waals surface area contributed by atoms with Crippen molar-refractivity contribution in [3.8, 4) is 5.75 Å². The van der Waals surface area contributed by atoms with E-state index in [0.717, 1.165) is 25.7 Å². The third-order valence-electron chi connectivity index (χ3n) is 5.33. The van der Waals surface area contributed by atoms with Gasteiger partial charge in [-0.3, -0.25) is 9.59 Å². The zero-order valence-corrected chi connectivity index (χ0v) is 19.1. The molecule has 1 N–H and O–H groups in total. The van der Waals surface area contributed by atoms with E-state index in [9.17, 15) is 9.59 Å². The maximum absolute atomic E-state index is 12.6. The highest BCUT2D eigenvalue weighted by molar-refractivity contribution is 8.00. The molecule has 1 aromatic carbocycles. The van der Waals surface area contributed by atoms with Crippen molar-refractivity contribution in [2.45, 2.75) is 68.9 Å². The van der Waals surface area contributed by atoms with Crippen LogP contribution in [0.1, 0.15) is 68.2 Å². The SMILES string of the molecule is CCOC(=O)[C@H](C)Sc1nnc(CNC(=O)c2ccc(OC)cc2)n1C1CCCCC1. The second-order valence-electron chi connectivity index (χ2n) is 7.48. The molecule has 0 spiro atoms. The Morgan fingerprint density at radius 3 is 2.55 bits per heavy atom. The summed E-state index contributed by atoms with van der Waals surface area (Å²) >= 11 is 1.36. The van der Waals surface area contributed by atoms with E-state index in [2.05, 4.69) is 20.1 Å². The van der Waals surface area contributed by atoms with E-state index in [4.69, 9.17) is 9.47 Å². The molecule has 1 amide bonds. The number of ether oxygens (including phenoxy) is 2. The van der Waals surface area contributed by atoms with E-state index in [0.29, 0.717) is 28.9 Å². The predicted octanol–water partition coefficient (Wildman–Crippen LogP) is 3.77. The molecule has 9 heteroatoms. The highest BCUT2D eigenvalue weighted by atomic mass is 32.2. The number of amides is 1. The fourth-order valence-electron chi connectivity index (χ4n) is 3.68. The van der Waals surface area contributed by atoms with E-state index >= 15 is 0 Å². The smallest absolute Gasteiger partial charge is 0.319 e. The lowest BCUT2D eigenvalue weighted by Gasteiger charge is -2.26. The van der Waals surface area contributed by atoms with Crippen molar-refractivity contribution in [3.63, 3.8) is 0 Å². The van der Waals surface area contributed by atoms with Gasteiger partial charge >= 0.3 is 5.97 Å². The molecule has 1 atom stereocenters. The summed E-state index contributed by atoms with van der Waals surface area (Å²) in [5.74, 6) is 0.952. The van der Waals surface area contributed by atoms with Gasteiger partial charge in [0.25, 0.3) is 5.91 Å². The summed E-state index contributed by atoms with van der Waals surface area (Å²) < 4.78 is 12.4. The minimum absolute atomic E-state index is 0.185. The minimum atomic E-state index is -0.381. The summed E-state index contributed by atoms with van der Waals surface area (Å²) in [7, 11) is 1.59. The van der Waals surface area contributed by atoms with E-state index in [1.54, 1.807) is 38.3 Å². The van der Waals surface area contributed by atoms with Gasteiger partial charge < -0.3 is 19.4 Å². The molecule has 1 fully saturated rings. The molecule has 3 rings (SSSR count). The summed E-state index contributed by atoms with van der Waals surface area (Å²) in [5.41, 5.74) is 0.551. The molecular weight excluding hydrogens is 416 g/mol. The van der Waals surface area contributed by atoms with Gasteiger partial charge in [-0.25, -0.2) is 0 Å². The Kier molecular flexibility index (Phi) is 8.34. The zero-order valence-electron chi connectivity index (χ0n) is 18.3. The molecule has 0 bridgehead atoms. The van der Waals surface area contributed by atoms with Crippen LogP contribution in [0.3, 0.4) is 0 Å². The van der Waals surface area contributed by atoms with Gasteiger partial charge in [-0.15, -0.1) is 10.2 Å². The topological polar surface area (TPSA) is 95.3 Å². The number of rotatable bonds is 9. The second kappa shape index (κ2) is 11.2. The van der Waals surface area contributed by atoms with Crippen LogP contribution in [-0.2, 0) is 16.1 Å². The van der Waals surface area contributed by atoms with E-state index < -0.39 is 0 Å². The van der Waals surface area contributed by atoms with Gasteiger partial charge in [-0.1, -0.05) is 31.0 Å². The molecule has 0 unspecified atom stereocenters. The molecule has 31 heavy (non-hydrogen) atoms. The number of esters is 1. The number of methoxy groups -OCH3 is 1. The van der Waals surface area contributed by atoms with Crippen LogP contribution < -0.4 is 10.1 Å². The number of carbonyl (C=O) groups excluding carboxylic acids is 2. The third-order valence-corrected chi connectivity index (χ3v) is 6.37. The maximum Gasteiger partial charge on any atom is 0.319 e. The van der Waals surface area contributed by atoms with Gasteiger partial charge in [-0.05, 0) is 51.0 Å². The van der Waals surface area contributed by atoms with Crippen molar-refractivity contribution in [2.24, 2.45) is 0 Å². The fraction of sp³-hybridized carbons (Fsp3) is 0.545. The number of hydrogen-bond acceptors (Lipinski definition) is 7. The van der Waals surface area contributed by atoms with Crippen LogP contribution in [0.2, 0.25) is 0 Å². The minimum Gasteiger partial charge on any atom is -0.497 e. The van der Waals surface area contributed by atoms with Gasteiger partial charge in [0.2, 0.25) is 0 Å². The summed E-state index contributed by atoms with van der Waals surface area (Å²) in [4.78, 5) is 24.7. The highest BCUT2D eigenvalue weighted by Gasteiger charge is 2.26. The first kappa shape index (κ1) is 23.1. The van der Waals surface area contributed by atoms with Crippen molar-refractivity contribution in [1.82, 2.24) is 20.1 Å². The molecule has 0 radical (unpaired) electrons. The highest BCUT2D eigenvalue weighted by Crippen LogP contribution is 2.34. The van der Waals surface area contributed by atoms with Crippen LogP contribution in [0.5, 0.6) is 5.75 Å². The Bertz CT molecular complexity index is 878. The molecule has 1 aliphatic rings. The van der Waals surface area contributed by atoms with Crippen molar-refractivity contribution < 1.29 is 19.1 Å². The van der Waals surface area contributed by atoms with Crippen LogP contribution in [0.15, 0.2) is 29.4 Å². The Balaban J connectivity index is 1.74. The van der Waals surface area contributed by atoms with Crippen LogP contribution in [0, 0.1) is 0 Å². The van der Waals surface area contributed by atoms with Crippen LogP contribution in [0.25, 0.3) is 0 Å². The standard InChI is InChI=1S/C22H30N4O4S/c1-4-30-21(28)15(2)31-22-25-24-19(26(22)17-8-6-5-7-9-17)14-23-20(27)16-10-12-18(29-3)13-11-16/h10-13,15,17H,4-9,14H2,1-3H3,(H,23,27)/t15-/m0/s1. The number of thioether (sulfide) groups is 1. The van der Waals surface area contributed by atoms with Crippen LogP contribution in [-0.4, -0.2) is 45.6 Å². The van der Waals surface area contributed by atoms with Gasteiger partial charge in [-0.2, -0.15) is 0 Å². The van der Waals surface area contributed by atoms with Crippen LogP contribution >= 0.6 is 11.8 Å². The Morgan fingerprint density at radius 2 is 1.90 bits per heavy atom. The molecular formula is C22H30N4O4S. The summed E-state index contributed by atoms with van der Waals surface area (Å²) in [6.07, 6.45) is 5.61. The molecule has 0 aliphatic heterocycles. The summed E-state index contributed by atoms with van der Waals surface area (Å²) in [5, 5.41) is 11.9. The number of hydrogen-bond donors (Lipinski definition) is 1. The molecule has 168 valence electrons. The quantitative estimate of drug-likeness (QED) is 0.463. The molecule has 1 aromatic heterocycles. The maximum atomic E-state index is 12.6. The Labute approximate surface area is 187 Å². The van der Waals surface area contributed by atoms with Crippen molar-refractivity contribution in [1.29, 1.82) is 0 Å². The normalized spacial score (nSPS) is 15.3. The van der Waals surface area contributed by atoms with Crippen molar-refractivity contribution >= 4 is 23.6 Å². The van der Waals surface area contributed by atoms with Gasteiger partial charge in [0.05, 0.1) is 20.3 Å². The van der Waals surface area contributed by atoms with Gasteiger partial charge in [0.1, 0.15) is 11.0 Å². The summed E-state index contributed by atoms with van der Waals surface area (Å²) in [6, 6.07) is 7.23. The van der Waals surface area contributed by atoms with Crippen LogP contribution in [0.4, 0.5) is 0 Å². The van der Waals surface area contributed by atoms with E-state index in [1.165, 1.54) is 18.2 Å². The molecule has 1 heterocycles. The number of nitrogens with zero attached hydrogens (tertiary/aromatic N) is 3. The predicted molar refractivity (Wildman–Crippen MR) is 118 cm³/mol. The lowest BCUT2D eigenvalue weighted by Crippen LogP contribution is -2.26. The van der Waals surface area contributed by atoms with Crippen molar-refractivity contribution in [2.75, 3.05) is 13.7 Å². The number of carbonyl (C=O) groups is 2. The number of nitrogens with one attached hydrogen (secondary N) is 1. The third kappa shape index (κ3) is 6.00. The largest absolute Gasteiger partial charge is 0.497 e. The molecule has 8 nitrogen and oxygen atoms in total. The second-order valence-corrected chi connectivity index (χ2v) is 8.79. The lowest BCUT2D eigenvalue weighted by atomic mass is 9.95. The Hall–Kier alpha value is -2.55. The fourth-order valence-corrected chi connectivity index (χ4v) is 4.62. The molecule has 0 saturated heterocycles. The Morgan fingerprint density at radius 1 is 1.19 bits per heavy atom.